The summed E-state index contributed by atoms with van der Waals surface area (Å²) in [4.78, 5) is 45.7. The van der Waals surface area contributed by atoms with Crippen LogP contribution in [0.2, 0.25) is 0 Å². The Balaban J connectivity index is 0.834. The number of benzene rings is 3. The highest BCUT2D eigenvalue weighted by Gasteiger charge is 2.48. The molecule has 1 aromatic heterocycles. The molecular formula is C44H52N6O3. The first-order valence-electron chi connectivity index (χ1n) is 19.6. The predicted octanol–water partition coefficient (Wildman–Crippen LogP) is 7.00. The van der Waals surface area contributed by atoms with E-state index in [1.165, 1.54) is 68.4 Å². The third-order valence-electron chi connectivity index (χ3n) is 12.5. The van der Waals surface area contributed by atoms with E-state index >= 15 is 0 Å². The second kappa shape index (κ2) is 15.0. The van der Waals surface area contributed by atoms with Crippen LogP contribution in [0.1, 0.15) is 111 Å². The second-order valence-electron chi connectivity index (χ2n) is 15.8. The summed E-state index contributed by atoms with van der Waals surface area (Å²) in [6.45, 7) is 5.19. The highest BCUT2D eigenvalue weighted by atomic mass is 16.2. The maximum atomic E-state index is 13.5. The third kappa shape index (κ3) is 7.17. The molecule has 3 amide bonds. The molecule has 1 spiro atoms. The molecule has 0 unspecified atom stereocenters. The Morgan fingerprint density at radius 2 is 1.40 bits per heavy atom. The van der Waals surface area contributed by atoms with Crippen LogP contribution in [0.5, 0.6) is 0 Å². The molecule has 0 bridgehead atoms. The fraction of sp³-hybridized carbons (Fsp3) is 0.432. The molecule has 2 aliphatic carbocycles. The first-order valence-corrected chi connectivity index (χ1v) is 19.6. The summed E-state index contributed by atoms with van der Waals surface area (Å²) in [5.41, 5.74) is 7.43. The van der Waals surface area contributed by atoms with Gasteiger partial charge >= 0.3 is 0 Å². The molecule has 4 aromatic rings. The maximum Gasteiger partial charge on any atom is 0.268 e. The summed E-state index contributed by atoms with van der Waals surface area (Å²) in [6.07, 6.45) is 9.83. The smallest absolute Gasteiger partial charge is 0.268 e. The largest absolute Gasteiger partial charge is 0.347 e. The van der Waals surface area contributed by atoms with E-state index in [4.69, 9.17) is 0 Å². The van der Waals surface area contributed by atoms with Gasteiger partial charge in [-0.05, 0) is 129 Å². The fourth-order valence-corrected chi connectivity index (χ4v) is 8.89. The van der Waals surface area contributed by atoms with E-state index in [1.807, 2.05) is 54.6 Å². The molecule has 9 nitrogen and oxygen atoms in total. The van der Waals surface area contributed by atoms with Crippen LogP contribution < -0.4 is 10.6 Å². The number of piperidine rings is 1. The normalized spacial score (nSPS) is 18.8. The van der Waals surface area contributed by atoms with Gasteiger partial charge in [-0.2, -0.15) is 0 Å². The molecule has 53 heavy (non-hydrogen) atoms. The molecule has 8 rings (SSSR count). The average Bonchev–Trinajstić information content (AvgIpc) is 3.58. The van der Waals surface area contributed by atoms with Gasteiger partial charge in [0.05, 0.1) is 5.54 Å². The minimum absolute atomic E-state index is 0.00995. The topological polar surface area (TPSA) is 89.9 Å². The van der Waals surface area contributed by atoms with Gasteiger partial charge in [-0.3, -0.25) is 19.3 Å². The number of anilines is 1. The first-order chi connectivity index (χ1) is 25.8. The van der Waals surface area contributed by atoms with E-state index in [1.54, 1.807) is 19.0 Å². The number of aromatic nitrogens is 1. The van der Waals surface area contributed by atoms with Gasteiger partial charge in [0.2, 0.25) is 0 Å². The van der Waals surface area contributed by atoms with E-state index in [0.717, 1.165) is 49.8 Å². The molecule has 3 heterocycles. The Labute approximate surface area is 313 Å². The van der Waals surface area contributed by atoms with Crippen molar-refractivity contribution in [3.05, 3.63) is 124 Å². The van der Waals surface area contributed by atoms with Crippen molar-refractivity contribution in [3.63, 3.8) is 0 Å². The van der Waals surface area contributed by atoms with Crippen LogP contribution in [0.25, 0.3) is 0 Å². The van der Waals surface area contributed by atoms with E-state index < -0.39 is 0 Å². The predicted molar refractivity (Wildman–Crippen MR) is 208 cm³/mol. The van der Waals surface area contributed by atoms with Gasteiger partial charge in [-0.25, -0.2) is 0 Å². The maximum absolute atomic E-state index is 13.5. The molecule has 2 saturated carbocycles. The Bertz CT molecular complexity index is 1930. The second-order valence-corrected chi connectivity index (χ2v) is 15.8. The Kier molecular flexibility index (Phi) is 9.96. The van der Waals surface area contributed by atoms with Crippen LogP contribution in [-0.4, -0.2) is 76.8 Å². The number of hydrogen-bond acceptors (Lipinski definition) is 5. The molecule has 2 aliphatic heterocycles. The number of fused-ring (bicyclic) bond motifs is 2. The van der Waals surface area contributed by atoms with Crippen molar-refractivity contribution in [2.24, 2.45) is 0 Å². The molecule has 276 valence electrons. The summed E-state index contributed by atoms with van der Waals surface area (Å²) in [6, 6.07) is 28.8. The Hall–Kier alpha value is -4.73. The van der Waals surface area contributed by atoms with Crippen LogP contribution in [0.3, 0.4) is 0 Å². The molecule has 1 saturated heterocycles. The lowest BCUT2D eigenvalue weighted by molar-refractivity contribution is -0.0217. The number of nitrogens with zero attached hydrogens (tertiary/aromatic N) is 4. The number of carbonyl (C=O) groups excluding carboxylic acids is 3. The minimum Gasteiger partial charge on any atom is -0.347 e. The summed E-state index contributed by atoms with van der Waals surface area (Å²) >= 11 is 0. The molecule has 9 heteroatoms. The SMILES string of the molecule is CN(C)C(=O)c1ccc(CN2CCn3c(C(=O)NCc4ccc(NC(=O)c5ccc(C6CCN(C7CCC7)CC6)cc5)cc4)ccc3C23CCC3)cc1. The van der Waals surface area contributed by atoms with Crippen LogP contribution in [0.15, 0.2) is 84.9 Å². The van der Waals surface area contributed by atoms with E-state index in [-0.39, 0.29) is 23.3 Å². The number of hydrogen-bond donors (Lipinski definition) is 2. The summed E-state index contributed by atoms with van der Waals surface area (Å²) < 4.78 is 2.22. The molecule has 4 aliphatic rings. The standard InChI is InChI=1S/C44H52N6O3/c1-47(2)43(53)36-11-7-32(8-12-36)30-49-27-28-50-39(19-20-40(50)44(49)23-4-24-44)42(52)45-29-31-9-17-37(18-10-31)46-41(51)35-15-13-33(14-16-35)34-21-25-48(26-22-34)38-5-3-6-38/h7-20,34,38H,3-6,21-30H2,1-2H3,(H,45,52)(H,46,51). The van der Waals surface area contributed by atoms with Crippen molar-refractivity contribution < 1.29 is 14.4 Å². The highest BCUT2D eigenvalue weighted by molar-refractivity contribution is 6.04. The number of carbonyl (C=O) groups is 3. The lowest BCUT2D eigenvalue weighted by Crippen LogP contribution is -2.56. The minimum atomic E-state index is -0.118. The first kappa shape index (κ1) is 35.3. The van der Waals surface area contributed by atoms with Gasteiger partial charge in [-0.1, -0.05) is 42.8 Å². The lowest BCUT2D eigenvalue weighted by Gasteiger charge is -2.53. The average molecular weight is 713 g/mol. The van der Waals surface area contributed by atoms with Gasteiger partial charge in [-0.15, -0.1) is 0 Å². The molecule has 3 fully saturated rings. The van der Waals surface area contributed by atoms with E-state index in [9.17, 15) is 14.4 Å². The monoisotopic (exact) mass is 712 g/mol. The zero-order valence-corrected chi connectivity index (χ0v) is 31.2. The molecule has 3 aromatic carbocycles. The number of amides is 3. The van der Waals surface area contributed by atoms with Crippen molar-refractivity contribution in [1.29, 1.82) is 0 Å². The fourth-order valence-electron chi connectivity index (χ4n) is 8.89. The van der Waals surface area contributed by atoms with Crippen molar-refractivity contribution in [2.45, 2.75) is 88.5 Å². The van der Waals surface area contributed by atoms with Gasteiger partial charge in [0.15, 0.2) is 0 Å². The zero-order valence-electron chi connectivity index (χ0n) is 31.2. The third-order valence-corrected chi connectivity index (χ3v) is 12.5. The van der Waals surface area contributed by atoms with Crippen LogP contribution >= 0.6 is 0 Å². The van der Waals surface area contributed by atoms with Gasteiger partial charge in [0, 0.05) is 68.8 Å². The van der Waals surface area contributed by atoms with Crippen LogP contribution in [-0.2, 0) is 25.2 Å². The van der Waals surface area contributed by atoms with E-state index in [0.29, 0.717) is 29.3 Å². The lowest BCUT2D eigenvalue weighted by atomic mass is 9.71. The van der Waals surface area contributed by atoms with Crippen molar-refractivity contribution >= 4 is 23.4 Å². The summed E-state index contributed by atoms with van der Waals surface area (Å²) in [5, 5.41) is 6.16. The Morgan fingerprint density at radius 1 is 0.717 bits per heavy atom. The van der Waals surface area contributed by atoms with Gasteiger partial charge in [0.1, 0.15) is 5.69 Å². The van der Waals surface area contributed by atoms with Crippen LogP contribution in [0.4, 0.5) is 5.69 Å². The highest BCUT2D eigenvalue weighted by Crippen LogP contribution is 2.49. The van der Waals surface area contributed by atoms with Gasteiger partial charge in [0.25, 0.3) is 17.7 Å². The summed E-state index contributed by atoms with van der Waals surface area (Å²) in [7, 11) is 3.54. The Morgan fingerprint density at radius 3 is 2.02 bits per heavy atom. The van der Waals surface area contributed by atoms with Crippen LogP contribution in [0, 0.1) is 0 Å². The zero-order chi connectivity index (χ0) is 36.5. The molecule has 0 atom stereocenters. The molecule has 0 radical (unpaired) electrons. The summed E-state index contributed by atoms with van der Waals surface area (Å²) in [5.74, 6) is 0.389. The van der Waals surface area contributed by atoms with E-state index in [2.05, 4.69) is 55.3 Å². The van der Waals surface area contributed by atoms with Gasteiger partial charge < -0.3 is 25.0 Å². The number of likely N-dealkylation sites (tertiary alicyclic amines) is 1. The molecular weight excluding hydrogens is 661 g/mol. The number of rotatable bonds is 10. The quantitative estimate of drug-likeness (QED) is 0.185. The van der Waals surface area contributed by atoms with Crippen molar-refractivity contribution in [2.75, 3.05) is 39.0 Å². The number of nitrogens with one attached hydrogen (secondary N) is 2. The van der Waals surface area contributed by atoms with Crippen molar-refractivity contribution in [3.8, 4) is 0 Å². The molecule has 2 N–H and O–H groups in total. The van der Waals surface area contributed by atoms with Crippen molar-refractivity contribution in [1.82, 2.24) is 24.6 Å².